The molecule has 0 bridgehead atoms. The number of benzene rings is 1. The first-order valence-corrected chi connectivity index (χ1v) is 8.59. The largest absolute Gasteiger partial charge is 0.466 e. The summed E-state index contributed by atoms with van der Waals surface area (Å²) in [6.07, 6.45) is 4.61. The predicted molar refractivity (Wildman–Crippen MR) is 93.3 cm³/mol. The van der Waals surface area contributed by atoms with Crippen LogP contribution in [0.1, 0.15) is 56.6 Å². The summed E-state index contributed by atoms with van der Waals surface area (Å²) in [4.78, 5) is 23.7. The van der Waals surface area contributed by atoms with Gasteiger partial charge < -0.3 is 10.1 Å². The fourth-order valence-electron chi connectivity index (χ4n) is 3.01. The Balaban J connectivity index is 2.12. The van der Waals surface area contributed by atoms with Crippen molar-refractivity contribution in [1.29, 1.82) is 0 Å². The molecule has 0 aliphatic heterocycles. The van der Waals surface area contributed by atoms with Crippen molar-refractivity contribution in [3.8, 4) is 11.8 Å². The number of aryl methyl sites for hydroxylation is 1. The first kappa shape index (κ1) is 18.1. The Hall–Kier alpha value is -2.28. The van der Waals surface area contributed by atoms with E-state index in [1.165, 1.54) is 0 Å². The molecule has 4 nitrogen and oxygen atoms in total. The van der Waals surface area contributed by atoms with Gasteiger partial charge in [0.05, 0.1) is 6.61 Å². The monoisotopic (exact) mass is 327 g/mol. The smallest absolute Gasteiger partial charge is 0.315 e. The standard InChI is InChI=1S/C20H25NO3/c1-3-24-19(23)15-18(22)21-20(11-5-4-6-12-20)13-10-17-9-7-8-16(2)14-17/h7-9,14H,3-6,11-12,15H2,1-2H3,(H,21,22). The van der Waals surface area contributed by atoms with Gasteiger partial charge >= 0.3 is 5.97 Å². The van der Waals surface area contributed by atoms with Crippen LogP contribution >= 0.6 is 0 Å². The summed E-state index contributed by atoms with van der Waals surface area (Å²) in [5, 5.41) is 2.99. The molecule has 4 heteroatoms. The molecule has 128 valence electrons. The molecule has 2 rings (SSSR count). The molecule has 1 fully saturated rings. The van der Waals surface area contributed by atoms with Crippen LogP contribution in [0.3, 0.4) is 0 Å². The lowest BCUT2D eigenvalue weighted by atomic mass is 9.81. The van der Waals surface area contributed by atoms with Crippen molar-refractivity contribution in [3.63, 3.8) is 0 Å². The molecule has 0 unspecified atom stereocenters. The third-order valence-electron chi connectivity index (χ3n) is 4.16. The lowest BCUT2D eigenvalue weighted by Gasteiger charge is -2.33. The number of ether oxygens (including phenoxy) is 1. The highest BCUT2D eigenvalue weighted by Gasteiger charge is 2.32. The van der Waals surface area contributed by atoms with E-state index in [0.717, 1.165) is 43.2 Å². The number of hydrogen-bond acceptors (Lipinski definition) is 3. The maximum Gasteiger partial charge on any atom is 0.315 e. The van der Waals surface area contributed by atoms with Crippen LogP contribution in [0, 0.1) is 18.8 Å². The molecule has 1 aromatic carbocycles. The van der Waals surface area contributed by atoms with Crippen LogP contribution in [0.2, 0.25) is 0 Å². The van der Waals surface area contributed by atoms with Gasteiger partial charge in [-0.2, -0.15) is 0 Å². The number of rotatable bonds is 4. The Morgan fingerprint density at radius 1 is 1.25 bits per heavy atom. The Labute approximate surface area is 144 Å². The average molecular weight is 327 g/mol. The highest BCUT2D eigenvalue weighted by molar-refractivity contribution is 5.94. The van der Waals surface area contributed by atoms with Crippen LogP contribution in [0.15, 0.2) is 24.3 Å². The molecule has 0 spiro atoms. The van der Waals surface area contributed by atoms with Crippen LogP contribution in [0.4, 0.5) is 0 Å². The second-order valence-corrected chi connectivity index (χ2v) is 6.29. The van der Waals surface area contributed by atoms with Gasteiger partial charge in [-0.3, -0.25) is 9.59 Å². The van der Waals surface area contributed by atoms with Gasteiger partial charge in [-0.15, -0.1) is 0 Å². The quantitative estimate of drug-likeness (QED) is 0.525. The highest BCUT2D eigenvalue weighted by Crippen LogP contribution is 2.28. The molecule has 24 heavy (non-hydrogen) atoms. The Kier molecular flexibility index (Phi) is 6.43. The van der Waals surface area contributed by atoms with Crippen LogP contribution in [-0.2, 0) is 14.3 Å². The van der Waals surface area contributed by atoms with Crippen molar-refractivity contribution < 1.29 is 14.3 Å². The summed E-state index contributed by atoms with van der Waals surface area (Å²) in [7, 11) is 0. The Morgan fingerprint density at radius 3 is 2.67 bits per heavy atom. The zero-order chi connectivity index (χ0) is 17.4. The molecule has 0 aromatic heterocycles. The third-order valence-corrected chi connectivity index (χ3v) is 4.16. The first-order valence-electron chi connectivity index (χ1n) is 8.59. The average Bonchev–Trinajstić information content (AvgIpc) is 2.54. The SMILES string of the molecule is CCOC(=O)CC(=O)NC1(C#Cc2cccc(C)c2)CCCCC1. The van der Waals surface area contributed by atoms with E-state index in [2.05, 4.69) is 17.2 Å². The number of carbonyl (C=O) groups is 2. The molecule has 0 atom stereocenters. The topological polar surface area (TPSA) is 55.4 Å². The van der Waals surface area contributed by atoms with Crippen molar-refractivity contribution in [1.82, 2.24) is 5.32 Å². The number of esters is 1. The molecule has 0 heterocycles. The van der Waals surface area contributed by atoms with E-state index >= 15 is 0 Å². The molecular weight excluding hydrogens is 302 g/mol. The maximum absolute atomic E-state index is 12.2. The van der Waals surface area contributed by atoms with Crippen molar-refractivity contribution >= 4 is 11.9 Å². The highest BCUT2D eigenvalue weighted by atomic mass is 16.5. The number of hydrogen-bond donors (Lipinski definition) is 1. The minimum Gasteiger partial charge on any atom is -0.466 e. The summed E-state index contributed by atoms with van der Waals surface area (Å²) < 4.78 is 4.84. The zero-order valence-corrected chi connectivity index (χ0v) is 14.5. The van der Waals surface area contributed by atoms with E-state index in [4.69, 9.17) is 4.74 Å². The van der Waals surface area contributed by atoms with Crippen LogP contribution < -0.4 is 5.32 Å². The van der Waals surface area contributed by atoms with Gasteiger partial charge in [0, 0.05) is 5.56 Å². The van der Waals surface area contributed by atoms with E-state index in [9.17, 15) is 9.59 Å². The molecule has 1 aromatic rings. The molecule has 1 N–H and O–H groups in total. The van der Waals surface area contributed by atoms with Gasteiger partial charge in [0.1, 0.15) is 12.0 Å². The minimum atomic E-state index is -0.536. The lowest BCUT2D eigenvalue weighted by molar-refractivity contribution is -0.146. The molecule has 1 aliphatic rings. The van der Waals surface area contributed by atoms with Crippen molar-refractivity contribution in [2.45, 2.75) is 57.9 Å². The van der Waals surface area contributed by atoms with Gasteiger partial charge in [-0.1, -0.05) is 43.2 Å². The van der Waals surface area contributed by atoms with E-state index in [0.29, 0.717) is 0 Å². The second-order valence-electron chi connectivity index (χ2n) is 6.29. The van der Waals surface area contributed by atoms with E-state index < -0.39 is 11.5 Å². The van der Waals surface area contributed by atoms with E-state index in [1.54, 1.807) is 6.92 Å². The van der Waals surface area contributed by atoms with Gasteiger partial charge in [-0.05, 0) is 44.4 Å². The molecule has 1 amide bonds. The minimum absolute atomic E-state index is 0.248. The third kappa shape index (κ3) is 5.42. The molecule has 0 radical (unpaired) electrons. The fraction of sp³-hybridized carbons (Fsp3) is 0.500. The first-order chi connectivity index (χ1) is 11.5. The van der Waals surface area contributed by atoms with Crippen molar-refractivity contribution in [2.75, 3.05) is 6.61 Å². The summed E-state index contributed by atoms with van der Waals surface area (Å²) in [5.41, 5.74) is 1.57. The van der Waals surface area contributed by atoms with Crippen LogP contribution in [0.25, 0.3) is 0 Å². The molecule has 1 saturated carbocycles. The van der Waals surface area contributed by atoms with E-state index in [1.807, 2.05) is 31.2 Å². The maximum atomic E-state index is 12.2. The van der Waals surface area contributed by atoms with Gasteiger partial charge in [0.2, 0.25) is 5.91 Å². The van der Waals surface area contributed by atoms with Crippen LogP contribution in [0.5, 0.6) is 0 Å². The van der Waals surface area contributed by atoms with Gasteiger partial charge in [0.15, 0.2) is 0 Å². The molecule has 1 aliphatic carbocycles. The fourth-order valence-corrected chi connectivity index (χ4v) is 3.01. The summed E-state index contributed by atoms with van der Waals surface area (Å²) >= 11 is 0. The van der Waals surface area contributed by atoms with E-state index in [-0.39, 0.29) is 18.9 Å². The van der Waals surface area contributed by atoms with Crippen LogP contribution in [-0.4, -0.2) is 24.0 Å². The normalized spacial score (nSPS) is 15.8. The van der Waals surface area contributed by atoms with Gasteiger partial charge in [-0.25, -0.2) is 0 Å². The summed E-state index contributed by atoms with van der Waals surface area (Å²) in [5.74, 6) is 5.68. The van der Waals surface area contributed by atoms with Crippen molar-refractivity contribution in [3.05, 3.63) is 35.4 Å². The number of nitrogens with one attached hydrogen (secondary N) is 1. The number of carbonyl (C=O) groups excluding carboxylic acids is 2. The summed E-state index contributed by atoms with van der Waals surface area (Å²) in [6.45, 7) is 4.04. The second kappa shape index (κ2) is 8.54. The van der Waals surface area contributed by atoms with Gasteiger partial charge in [0.25, 0.3) is 0 Å². The number of amides is 1. The lowest BCUT2D eigenvalue weighted by Crippen LogP contribution is -2.49. The molecule has 0 saturated heterocycles. The molecular formula is C20H25NO3. The Bertz CT molecular complexity index is 648. The summed E-state index contributed by atoms with van der Waals surface area (Å²) in [6, 6.07) is 8.01. The zero-order valence-electron chi connectivity index (χ0n) is 14.5. The Morgan fingerprint density at radius 2 is 2.00 bits per heavy atom. The van der Waals surface area contributed by atoms with Crippen molar-refractivity contribution in [2.24, 2.45) is 0 Å². The predicted octanol–water partition coefficient (Wildman–Crippen LogP) is 3.12.